The Hall–Kier alpha value is -2.66. The van der Waals surface area contributed by atoms with Gasteiger partial charge in [0, 0.05) is 10.9 Å². The zero-order valence-electron chi connectivity index (χ0n) is 12.8. The third-order valence-electron chi connectivity index (χ3n) is 3.50. The summed E-state index contributed by atoms with van der Waals surface area (Å²) in [4.78, 5) is 16.3. The van der Waals surface area contributed by atoms with Crippen LogP contribution < -0.4 is 4.74 Å². The number of hydrogen-bond donors (Lipinski definition) is 0. The van der Waals surface area contributed by atoms with Crippen LogP contribution in [-0.2, 0) is 11.3 Å². The topological polar surface area (TPSA) is 48.4 Å². The van der Waals surface area contributed by atoms with Crippen LogP contribution in [-0.4, -0.2) is 18.1 Å². The van der Waals surface area contributed by atoms with Crippen molar-refractivity contribution in [1.82, 2.24) is 4.98 Å². The number of para-hydroxylation sites is 1. The number of nitrogens with zero attached hydrogens (tertiary/aromatic N) is 1. The molecule has 0 aliphatic carbocycles. The zero-order valence-corrected chi connectivity index (χ0v) is 13.5. The fourth-order valence-electron chi connectivity index (χ4n) is 2.26. The molecule has 0 bridgehead atoms. The van der Waals surface area contributed by atoms with E-state index in [0.717, 1.165) is 17.0 Å². The first-order valence-corrected chi connectivity index (χ1v) is 7.51. The third kappa shape index (κ3) is 3.31. The number of benzene rings is 2. The van der Waals surface area contributed by atoms with E-state index >= 15 is 0 Å². The highest BCUT2D eigenvalue weighted by Gasteiger charge is 2.13. The molecule has 0 amide bonds. The maximum atomic E-state index is 13.6. The highest BCUT2D eigenvalue weighted by molar-refractivity contribution is 6.30. The number of aromatic nitrogens is 1. The second-order valence-corrected chi connectivity index (χ2v) is 5.41. The Morgan fingerprint density at radius 1 is 1.21 bits per heavy atom. The normalized spacial score (nSPS) is 10.6. The number of esters is 1. The molecule has 0 radical (unpaired) electrons. The highest BCUT2D eigenvalue weighted by atomic mass is 35.5. The molecule has 4 nitrogen and oxygen atoms in total. The van der Waals surface area contributed by atoms with Gasteiger partial charge in [-0.05, 0) is 30.3 Å². The number of carbonyl (C=O) groups excluding carboxylic acids is 1. The molecular formula is C18H13ClFNO3. The average Bonchev–Trinajstić information content (AvgIpc) is 2.59. The van der Waals surface area contributed by atoms with Gasteiger partial charge in [0.05, 0.1) is 18.2 Å². The van der Waals surface area contributed by atoms with Crippen LogP contribution in [0.3, 0.4) is 0 Å². The lowest BCUT2D eigenvalue weighted by Crippen LogP contribution is -2.06. The van der Waals surface area contributed by atoms with Gasteiger partial charge in [0.25, 0.3) is 0 Å². The minimum Gasteiger partial charge on any atom is -0.494 e. The van der Waals surface area contributed by atoms with Crippen molar-refractivity contribution >= 4 is 28.5 Å². The van der Waals surface area contributed by atoms with Gasteiger partial charge in [0.15, 0.2) is 11.6 Å². The Bertz CT molecular complexity index is 914. The van der Waals surface area contributed by atoms with Crippen LogP contribution in [0.4, 0.5) is 4.39 Å². The van der Waals surface area contributed by atoms with Crippen molar-refractivity contribution in [3.8, 4) is 5.75 Å². The summed E-state index contributed by atoms with van der Waals surface area (Å²) in [6.45, 7) is -0.0524. The first kappa shape index (κ1) is 16.2. The summed E-state index contributed by atoms with van der Waals surface area (Å²) in [5.74, 6) is -1.22. The number of fused-ring (bicyclic) bond motifs is 1. The smallest absolute Gasteiger partial charge is 0.338 e. The van der Waals surface area contributed by atoms with Crippen LogP contribution in [0, 0.1) is 5.82 Å². The van der Waals surface area contributed by atoms with Crippen molar-refractivity contribution in [1.29, 1.82) is 0 Å². The van der Waals surface area contributed by atoms with Crippen LogP contribution >= 0.6 is 11.6 Å². The average molecular weight is 346 g/mol. The number of hydrogen-bond acceptors (Lipinski definition) is 4. The summed E-state index contributed by atoms with van der Waals surface area (Å²) in [6, 6.07) is 13.2. The number of methoxy groups -OCH3 is 1. The van der Waals surface area contributed by atoms with Crippen LogP contribution in [0.15, 0.2) is 48.5 Å². The standard InChI is InChI=1S/C18H13ClFNO3/c1-23-16-7-6-12(9-14(16)20)18(22)24-10-13-8-11-4-2-3-5-15(11)21-17(13)19/h2-9H,10H2,1H3. The first-order valence-electron chi connectivity index (χ1n) is 7.13. The third-order valence-corrected chi connectivity index (χ3v) is 3.82. The quantitative estimate of drug-likeness (QED) is 0.519. The molecule has 2 aromatic carbocycles. The molecule has 6 heteroatoms. The van der Waals surface area contributed by atoms with Crippen LogP contribution in [0.1, 0.15) is 15.9 Å². The van der Waals surface area contributed by atoms with Crippen molar-refractivity contribution in [3.63, 3.8) is 0 Å². The van der Waals surface area contributed by atoms with Gasteiger partial charge in [-0.15, -0.1) is 0 Å². The maximum Gasteiger partial charge on any atom is 0.338 e. The lowest BCUT2D eigenvalue weighted by atomic mass is 10.1. The van der Waals surface area contributed by atoms with Gasteiger partial charge in [-0.2, -0.15) is 0 Å². The Kier molecular flexibility index (Phi) is 4.62. The van der Waals surface area contributed by atoms with Gasteiger partial charge >= 0.3 is 5.97 Å². The number of halogens is 2. The van der Waals surface area contributed by atoms with E-state index in [1.165, 1.54) is 19.2 Å². The van der Waals surface area contributed by atoms with Gasteiger partial charge < -0.3 is 9.47 Å². The summed E-state index contributed by atoms with van der Waals surface area (Å²) in [7, 11) is 1.35. The molecule has 0 unspecified atom stereocenters. The van der Waals surface area contributed by atoms with Crippen molar-refractivity contribution in [2.75, 3.05) is 7.11 Å². The zero-order chi connectivity index (χ0) is 17.1. The Balaban J connectivity index is 1.76. The van der Waals surface area contributed by atoms with E-state index in [1.54, 1.807) is 0 Å². The molecule has 24 heavy (non-hydrogen) atoms. The Labute approximate surface area is 142 Å². The van der Waals surface area contributed by atoms with E-state index in [4.69, 9.17) is 21.1 Å². The molecular weight excluding hydrogens is 333 g/mol. The molecule has 3 rings (SSSR count). The minimum atomic E-state index is -0.652. The maximum absolute atomic E-state index is 13.6. The molecule has 0 fully saturated rings. The van der Waals surface area contributed by atoms with Crippen molar-refractivity contribution < 1.29 is 18.7 Å². The van der Waals surface area contributed by atoms with Crippen molar-refractivity contribution in [3.05, 3.63) is 70.6 Å². The Morgan fingerprint density at radius 2 is 2.00 bits per heavy atom. The largest absolute Gasteiger partial charge is 0.494 e. The number of rotatable bonds is 4. The summed E-state index contributed by atoms with van der Waals surface area (Å²) in [5, 5.41) is 1.16. The summed E-state index contributed by atoms with van der Waals surface area (Å²) in [6.07, 6.45) is 0. The SMILES string of the molecule is COc1ccc(C(=O)OCc2cc3ccccc3nc2Cl)cc1F. The predicted molar refractivity (Wildman–Crippen MR) is 88.8 cm³/mol. The van der Waals surface area contributed by atoms with E-state index in [1.807, 2.05) is 30.3 Å². The molecule has 1 heterocycles. The molecule has 0 saturated heterocycles. The Morgan fingerprint density at radius 3 is 2.75 bits per heavy atom. The van der Waals surface area contributed by atoms with Gasteiger partial charge in [-0.3, -0.25) is 0 Å². The molecule has 0 N–H and O–H groups in total. The van der Waals surface area contributed by atoms with Crippen LogP contribution in [0.5, 0.6) is 5.75 Å². The highest BCUT2D eigenvalue weighted by Crippen LogP contribution is 2.22. The number of pyridine rings is 1. The molecule has 1 aromatic heterocycles. The molecule has 122 valence electrons. The van der Waals surface area contributed by atoms with Crippen molar-refractivity contribution in [2.24, 2.45) is 0 Å². The second kappa shape index (κ2) is 6.84. The van der Waals surface area contributed by atoms with E-state index in [0.29, 0.717) is 5.56 Å². The number of ether oxygens (including phenoxy) is 2. The second-order valence-electron chi connectivity index (χ2n) is 5.06. The predicted octanol–water partition coefficient (Wildman–Crippen LogP) is 4.39. The van der Waals surface area contributed by atoms with E-state index < -0.39 is 11.8 Å². The van der Waals surface area contributed by atoms with E-state index in [-0.39, 0.29) is 23.1 Å². The molecule has 0 saturated carbocycles. The van der Waals surface area contributed by atoms with Gasteiger partial charge in [0.2, 0.25) is 0 Å². The summed E-state index contributed by atoms with van der Waals surface area (Å²) >= 11 is 6.12. The lowest BCUT2D eigenvalue weighted by molar-refractivity contribution is 0.0472. The monoisotopic (exact) mass is 345 g/mol. The molecule has 0 aliphatic rings. The van der Waals surface area contributed by atoms with Crippen molar-refractivity contribution in [2.45, 2.75) is 6.61 Å². The van der Waals surface area contributed by atoms with E-state index in [9.17, 15) is 9.18 Å². The summed E-state index contributed by atoms with van der Waals surface area (Å²) in [5.41, 5.74) is 1.44. The first-order chi connectivity index (χ1) is 11.6. The summed E-state index contributed by atoms with van der Waals surface area (Å²) < 4.78 is 23.7. The fraction of sp³-hybridized carbons (Fsp3) is 0.111. The van der Waals surface area contributed by atoms with Crippen LogP contribution in [0.2, 0.25) is 5.15 Å². The van der Waals surface area contributed by atoms with Gasteiger partial charge in [-0.25, -0.2) is 14.2 Å². The van der Waals surface area contributed by atoms with Gasteiger partial charge in [0.1, 0.15) is 11.8 Å². The van der Waals surface area contributed by atoms with Gasteiger partial charge in [-0.1, -0.05) is 29.8 Å². The van der Waals surface area contributed by atoms with E-state index in [2.05, 4.69) is 4.98 Å². The van der Waals surface area contributed by atoms with Crippen LogP contribution in [0.25, 0.3) is 10.9 Å². The minimum absolute atomic E-state index is 0.0524. The molecule has 0 atom stereocenters. The lowest BCUT2D eigenvalue weighted by Gasteiger charge is -2.08. The molecule has 0 spiro atoms. The number of carbonyl (C=O) groups is 1. The molecule has 0 aliphatic heterocycles. The fourth-order valence-corrected chi connectivity index (χ4v) is 2.46. The molecule has 3 aromatic rings.